The van der Waals surface area contributed by atoms with Gasteiger partial charge in [0.05, 0.1) is 13.2 Å². The normalized spacial score (nSPS) is 14.1. The van der Waals surface area contributed by atoms with Gasteiger partial charge < -0.3 is 9.84 Å². The topological polar surface area (TPSA) is 60.2 Å². The summed E-state index contributed by atoms with van der Waals surface area (Å²) in [5, 5.41) is 16.2. The average molecular weight is 526 g/mol. The van der Waals surface area contributed by atoms with Crippen molar-refractivity contribution in [3.63, 3.8) is 0 Å². The van der Waals surface area contributed by atoms with Gasteiger partial charge in [-0.2, -0.15) is 5.10 Å². The molecule has 1 heterocycles. The molecule has 2 atom stereocenters. The molecule has 5 nitrogen and oxygen atoms in total. The molecule has 0 aliphatic heterocycles. The van der Waals surface area contributed by atoms with E-state index in [9.17, 15) is 9.50 Å². The summed E-state index contributed by atoms with van der Waals surface area (Å²) in [5.74, 6) is -2.22. The Kier molecular flexibility index (Phi) is 7.63. The third kappa shape index (κ3) is 5.24. The van der Waals surface area contributed by atoms with Gasteiger partial charge in [0.2, 0.25) is 0 Å². The quantitative estimate of drug-likeness (QED) is 0.224. The summed E-state index contributed by atoms with van der Waals surface area (Å²) in [6.45, 7) is 1.71. The van der Waals surface area contributed by atoms with Crippen molar-refractivity contribution < 1.29 is 18.6 Å². The van der Waals surface area contributed by atoms with Gasteiger partial charge >= 0.3 is 0 Å². The number of nitrogens with zero attached hydrogens (tertiary/aromatic N) is 3. The summed E-state index contributed by atoms with van der Waals surface area (Å²) in [5.41, 5.74) is -0.137. The Hall–Kier alpha value is -4.20. The van der Waals surface area contributed by atoms with Crippen LogP contribution in [0.3, 0.4) is 0 Å². The first-order chi connectivity index (χ1) is 18.9. The van der Waals surface area contributed by atoms with Crippen molar-refractivity contribution in [1.29, 1.82) is 0 Å². The van der Waals surface area contributed by atoms with E-state index in [2.05, 4.69) is 10.1 Å². The minimum Gasteiger partial charge on any atom is -0.383 e. The molecule has 1 N–H and O–H groups in total. The van der Waals surface area contributed by atoms with Crippen molar-refractivity contribution in [3.05, 3.63) is 156 Å². The number of aliphatic hydroxyl groups is 1. The monoisotopic (exact) mass is 525 g/mol. The highest BCUT2D eigenvalue weighted by molar-refractivity contribution is 5.47. The molecule has 4 aromatic carbocycles. The van der Waals surface area contributed by atoms with E-state index >= 15 is 4.39 Å². The van der Waals surface area contributed by atoms with Crippen LogP contribution in [0.1, 0.15) is 29.2 Å². The molecule has 39 heavy (non-hydrogen) atoms. The number of ether oxygens (including phenoxy) is 1. The minimum atomic E-state index is -1.79. The molecule has 0 amide bonds. The molecule has 0 radical (unpaired) electrons. The van der Waals surface area contributed by atoms with Crippen LogP contribution in [0.5, 0.6) is 0 Å². The fourth-order valence-electron chi connectivity index (χ4n) is 5.06. The predicted octanol–water partition coefficient (Wildman–Crippen LogP) is 6.09. The van der Waals surface area contributed by atoms with Crippen LogP contribution < -0.4 is 0 Å². The van der Waals surface area contributed by atoms with E-state index < -0.39 is 28.8 Å². The van der Waals surface area contributed by atoms with Gasteiger partial charge in [-0.1, -0.05) is 104 Å². The van der Waals surface area contributed by atoms with Gasteiger partial charge in [-0.3, -0.25) is 0 Å². The highest BCUT2D eigenvalue weighted by atomic mass is 19.1. The van der Waals surface area contributed by atoms with Crippen LogP contribution in [0, 0.1) is 17.6 Å². The summed E-state index contributed by atoms with van der Waals surface area (Å²) < 4.78 is 37.3. The van der Waals surface area contributed by atoms with Gasteiger partial charge in [0, 0.05) is 17.5 Å². The molecule has 0 saturated carbocycles. The average Bonchev–Trinajstić information content (AvgIpc) is 3.48. The van der Waals surface area contributed by atoms with Crippen LogP contribution in [0.25, 0.3) is 0 Å². The van der Waals surface area contributed by atoms with Crippen molar-refractivity contribution in [2.24, 2.45) is 5.92 Å². The van der Waals surface area contributed by atoms with Gasteiger partial charge in [-0.15, -0.1) is 0 Å². The van der Waals surface area contributed by atoms with E-state index in [1.807, 2.05) is 91.0 Å². The number of benzene rings is 4. The number of rotatable bonds is 10. The van der Waals surface area contributed by atoms with E-state index in [1.54, 1.807) is 6.92 Å². The molecule has 1 aromatic heterocycles. The van der Waals surface area contributed by atoms with E-state index in [0.29, 0.717) is 0 Å². The maximum absolute atomic E-state index is 15.1. The molecule has 5 aromatic rings. The van der Waals surface area contributed by atoms with Gasteiger partial charge in [0.1, 0.15) is 35.5 Å². The number of hydrogen-bond acceptors (Lipinski definition) is 4. The Labute approximate surface area is 226 Å². The van der Waals surface area contributed by atoms with Crippen LogP contribution in [-0.4, -0.2) is 26.5 Å². The Morgan fingerprint density at radius 1 is 0.821 bits per heavy atom. The molecular weight excluding hydrogens is 496 g/mol. The van der Waals surface area contributed by atoms with Crippen molar-refractivity contribution in [2.75, 3.05) is 6.61 Å². The third-order valence-corrected chi connectivity index (χ3v) is 7.17. The molecule has 0 aliphatic carbocycles. The number of aromatic nitrogens is 3. The first-order valence-electron chi connectivity index (χ1n) is 12.7. The molecule has 0 spiro atoms. The van der Waals surface area contributed by atoms with Crippen molar-refractivity contribution in [2.45, 2.75) is 24.7 Å². The molecule has 0 aliphatic rings. The summed E-state index contributed by atoms with van der Waals surface area (Å²) in [6, 6.07) is 32.8. The van der Waals surface area contributed by atoms with E-state index in [0.717, 1.165) is 28.8 Å². The maximum atomic E-state index is 15.1. The Balaban J connectivity index is 1.60. The lowest BCUT2D eigenvalue weighted by atomic mass is 9.79. The SMILES string of the molecule is C[C@@H](COC(c1ccccc1)(c1ccccc1)c1ccccc1)[C@](O)(Cn1cncn1)c1ccc(F)cc1F. The highest BCUT2D eigenvalue weighted by Gasteiger charge is 2.43. The molecule has 0 saturated heterocycles. The Bertz CT molecular complexity index is 1390. The molecule has 5 rings (SSSR count). The van der Waals surface area contributed by atoms with Crippen LogP contribution in [0.15, 0.2) is 122 Å². The van der Waals surface area contributed by atoms with Gasteiger partial charge in [-0.25, -0.2) is 18.4 Å². The Morgan fingerprint density at radius 3 is 1.82 bits per heavy atom. The van der Waals surface area contributed by atoms with Crippen molar-refractivity contribution in [3.8, 4) is 0 Å². The minimum absolute atomic E-state index is 0.0285. The number of hydrogen-bond donors (Lipinski definition) is 1. The molecule has 7 heteroatoms. The van der Waals surface area contributed by atoms with Gasteiger partial charge in [-0.05, 0) is 22.8 Å². The molecule has 198 valence electrons. The van der Waals surface area contributed by atoms with E-state index in [1.165, 1.54) is 23.4 Å². The van der Waals surface area contributed by atoms with E-state index in [-0.39, 0.29) is 18.7 Å². The summed E-state index contributed by atoms with van der Waals surface area (Å²) in [4.78, 5) is 3.96. The Morgan fingerprint density at radius 2 is 1.36 bits per heavy atom. The maximum Gasteiger partial charge on any atom is 0.143 e. The summed E-state index contributed by atoms with van der Waals surface area (Å²) in [7, 11) is 0. The lowest BCUT2D eigenvalue weighted by Gasteiger charge is -2.40. The zero-order chi connectivity index (χ0) is 27.3. The van der Waals surface area contributed by atoms with Crippen LogP contribution in [0.2, 0.25) is 0 Å². The lowest BCUT2D eigenvalue weighted by molar-refractivity contribution is -0.0942. The molecule has 0 bridgehead atoms. The van der Waals surface area contributed by atoms with Crippen LogP contribution in [0.4, 0.5) is 8.78 Å². The summed E-state index contributed by atoms with van der Waals surface area (Å²) in [6.07, 6.45) is 2.79. The van der Waals surface area contributed by atoms with Crippen molar-refractivity contribution >= 4 is 0 Å². The fourth-order valence-corrected chi connectivity index (χ4v) is 5.06. The largest absolute Gasteiger partial charge is 0.383 e. The van der Waals surface area contributed by atoms with Gasteiger partial charge in [0.25, 0.3) is 0 Å². The van der Waals surface area contributed by atoms with Gasteiger partial charge in [0.15, 0.2) is 0 Å². The second-order valence-electron chi connectivity index (χ2n) is 9.63. The predicted molar refractivity (Wildman–Crippen MR) is 145 cm³/mol. The first-order valence-corrected chi connectivity index (χ1v) is 12.7. The molecule has 0 fully saturated rings. The second-order valence-corrected chi connectivity index (χ2v) is 9.63. The van der Waals surface area contributed by atoms with E-state index in [4.69, 9.17) is 4.74 Å². The highest BCUT2D eigenvalue weighted by Crippen LogP contribution is 2.42. The molecular formula is C32H29F2N3O2. The zero-order valence-electron chi connectivity index (χ0n) is 21.5. The van der Waals surface area contributed by atoms with Crippen molar-refractivity contribution in [1.82, 2.24) is 14.8 Å². The molecule has 0 unspecified atom stereocenters. The number of halogens is 2. The summed E-state index contributed by atoms with van der Waals surface area (Å²) >= 11 is 0. The lowest BCUT2D eigenvalue weighted by Crippen LogP contribution is -2.43. The standard InChI is InChI=1S/C32H29F2N3O2/c1-24(31(38,21-37-23-35-22-36-37)29-18-17-28(33)19-30(29)34)20-39-32(25-11-5-2-6-12-25,26-13-7-3-8-14-26)27-15-9-4-10-16-27/h2-19,22-24,38H,20-21H2,1H3/t24-,31+/m0/s1. The van der Waals surface area contributed by atoms with Crippen LogP contribution >= 0.6 is 0 Å². The second kappa shape index (κ2) is 11.3. The van der Waals surface area contributed by atoms with Crippen LogP contribution in [-0.2, 0) is 22.5 Å². The fraction of sp³-hybridized carbons (Fsp3) is 0.188. The smallest absolute Gasteiger partial charge is 0.143 e. The third-order valence-electron chi connectivity index (χ3n) is 7.17. The first kappa shape index (κ1) is 26.4. The zero-order valence-corrected chi connectivity index (χ0v) is 21.5.